The van der Waals surface area contributed by atoms with Crippen LogP contribution in [0.3, 0.4) is 0 Å². The number of nitrogens with one attached hydrogen (secondary N) is 2. The molecule has 1 aliphatic carbocycles. The highest BCUT2D eigenvalue weighted by Crippen LogP contribution is 2.25. The average Bonchev–Trinajstić information content (AvgIpc) is 2.32. The van der Waals surface area contributed by atoms with Crippen molar-refractivity contribution in [2.75, 3.05) is 17.6 Å². The highest BCUT2D eigenvalue weighted by atomic mass is 15.3. The standard InChI is InChI=1S/C7H13N5/c8-6-10-7(12-11-6)9-4-5-2-1-3-5/h5H,1-4H2,(H4,8,9,10,11,12). The van der Waals surface area contributed by atoms with E-state index in [1.165, 1.54) is 19.3 Å². The largest absolute Gasteiger partial charge is 0.368 e. The maximum absolute atomic E-state index is 5.36. The number of nitrogens with zero attached hydrogens (tertiary/aromatic N) is 2. The Morgan fingerprint density at radius 1 is 1.58 bits per heavy atom. The van der Waals surface area contributed by atoms with E-state index in [1.807, 2.05) is 0 Å². The van der Waals surface area contributed by atoms with Crippen LogP contribution in [0, 0.1) is 5.92 Å². The molecule has 1 heterocycles. The summed E-state index contributed by atoms with van der Waals surface area (Å²) in [7, 11) is 0. The first kappa shape index (κ1) is 7.39. The van der Waals surface area contributed by atoms with Crippen molar-refractivity contribution in [2.45, 2.75) is 19.3 Å². The Morgan fingerprint density at radius 3 is 2.92 bits per heavy atom. The van der Waals surface area contributed by atoms with Crippen molar-refractivity contribution >= 4 is 11.9 Å². The van der Waals surface area contributed by atoms with Gasteiger partial charge in [0.15, 0.2) is 0 Å². The van der Waals surface area contributed by atoms with Crippen LogP contribution in [0.5, 0.6) is 0 Å². The zero-order valence-corrected chi connectivity index (χ0v) is 6.88. The van der Waals surface area contributed by atoms with Gasteiger partial charge in [-0.3, -0.25) is 0 Å². The number of hydrogen-bond donors (Lipinski definition) is 3. The highest BCUT2D eigenvalue weighted by Gasteiger charge is 2.17. The molecule has 0 unspecified atom stereocenters. The number of nitrogen functional groups attached to an aromatic ring is 1. The molecule has 4 N–H and O–H groups in total. The fraction of sp³-hybridized carbons (Fsp3) is 0.714. The van der Waals surface area contributed by atoms with Crippen LogP contribution in [0.15, 0.2) is 0 Å². The minimum atomic E-state index is 0.367. The summed E-state index contributed by atoms with van der Waals surface area (Å²) in [4.78, 5) is 3.94. The number of anilines is 2. The maximum atomic E-state index is 5.36. The average molecular weight is 167 g/mol. The second kappa shape index (κ2) is 3.00. The van der Waals surface area contributed by atoms with Crippen LogP contribution >= 0.6 is 0 Å². The van der Waals surface area contributed by atoms with E-state index in [9.17, 15) is 0 Å². The molecule has 1 fully saturated rings. The molecule has 5 nitrogen and oxygen atoms in total. The predicted molar refractivity (Wildman–Crippen MR) is 46.6 cm³/mol. The lowest BCUT2D eigenvalue weighted by Gasteiger charge is -2.24. The van der Waals surface area contributed by atoms with Crippen molar-refractivity contribution in [1.82, 2.24) is 15.2 Å². The summed E-state index contributed by atoms with van der Waals surface area (Å²) < 4.78 is 0. The summed E-state index contributed by atoms with van der Waals surface area (Å²) in [6.07, 6.45) is 4.02. The van der Waals surface area contributed by atoms with E-state index in [4.69, 9.17) is 5.73 Å². The molecule has 1 aromatic heterocycles. The lowest BCUT2D eigenvalue weighted by Crippen LogP contribution is -2.21. The van der Waals surface area contributed by atoms with Gasteiger partial charge in [-0.1, -0.05) is 6.42 Å². The number of nitrogens with two attached hydrogens (primary N) is 1. The van der Waals surface area contributed by atoms with Gasteiger partial charge in [-0.05, 0) is 18.8 Å². The molecule has 5 heteroatoms. The first-order valence-electron chi connectivity index (χ1n) is 4.26. The molecule has 0 spiro atoms. The summed E-state index contributed by atoms with van der Waals surface area (Å²) in [5, 5.41) is 9.59. The molecule has 0 atom stereocenters. The zero-order valence-electron chi connectivity index (χ0n) is 6.88. The first-order valence-corrected chi connectivity index (χ1v) is 4.26. The van der Waals surface area contributed by atoms with Gasteiger partial charge >= 0.3 is 0 Å². The Morgan fingerprint density at radius 2 is 2.42 bits per heavy atom. The van der Waals surface area contributed by atoms with Crippen molar-refractivity contribution in [3.8, 4) is 0 Å². The number of rotatable bonds is 3. The Balaban J connectivity index is 1.79. The van der Waals surface area contributed by atoms with Gasteiger partial charge in [-0.15, -0.1) is 5.10 Å². The maximum Gasteiger partial charge on any atom is 0.243 e. The molecule has 0 aliphatic heterocycles. The topological polar surface area (TPSA) is 79.6 Å². The van der Waals surface area contributed by atoms with Crippen molar-refractivity contribution in [1.29, 1.82) is 0 Å². The normalized spacial score (nSPS) is 17.3. The van der Waals surface area contributed by atoms with Crippen LogP contribution < -0.4 is 11.1 Å². The zero-order chi connectivity index (χ0) is 8.39. The van der Waals surface area contributed by atoms with Crippen LogP contribution in [-0.2, 0) is 0 Å². The molecule has 0 bridgehead atoms. The fourth-order valence-electron chi connectivity index (χ4n) is 1.29. The summed E-state index contributed by atoms with van der Waals surface area (Å²) in [5.41, 5.74) is 5.36. The summed E-state index contributed by atoms with van der Waals surface area (Å²) >= 11 is 0. The van der Waals surface area contributed by atoms with E-state index in [1.54, 1.807) is 0 Å². The Kier molecular flexibility index (Phi) is 1.85. The number of aromatic nitrogens is 3. The second-order valence-electron chi connectivity index (χ2n) is 3.22. The molecular formula is C7H13N5. The van der Waals surface area contributed by atoms with Gasteiger partial charge in [0.2, 0.25) is 11.9 Å². The first-order chi connectivity index (χ1) is 5.84. The molecule has 1 saturated carbocycles. The third kappa shape index (κ3) is 1.49. The number of aromatic amines is 1. The molecule has 2 rings (SSSR count). The molecule has 0 aromatic carbocycles. The van der Waals surface area contributed by atoms with Gasteiger partial charge in [0.05, 0.1) is 0 Å². The molecular weight excluding hydrogens is 154 g/mol. The smallest absolute Gasteiger partial charge is 0.243 e. The Bertz CT molecular complexity index is 252. The van der Waals surface area contributed by atoms with E-state index in [0.717, 1.165) is 12.5 Å². The van der Waals surface area contributed by atoms with Crippen LogP contribution in [0.4, 0.5) is 11.9 Å². The summed E-state index contributed by atoms with van der Waals surface area (Å²) in [6, 6.07) is 0. The highest BCUT2D eigenvalue weighted by molar-refractivity contribution is 5.29. The van der Waals surface area contributed by atoms with Crippen molar-refractivity contribution in [3.63, 3.8) is 0 Å². The third-order valence-electron chi connectivity index (χ3n) is 2.28. The lowest BCUT2D eigenvalue weighted by atomic mass is 9.85. The van der Waals surface area contributed by atoms with E-state index in [0.29, 0.717) is 11.9 Å². The summed E-state index contributed by atoms with van der Waals surface area (Å²) in [6.45, 7) is 0.970. The van der Waals surface area contributed by atoms with E-state index < -0.39 is 0 Å². The van der Waals surface area contributed by atoms with Gasteiger partial charge in [0, 0.05) is 6.54 Å². The van der Waals surface area contributed by atoms with Crippen LogP contribution in [0.2, 0.25) is 0 Å². The van der Waals surface area contributed by atoms with Crippen molar-refractivity contribution in [3.05, 3.63) is 0 Å². The molecule has 66 valence electrons. The van der Waals surface area contributed by atoms with Crippen LogP contribution in [0.1, 0.15) is 19.3 Å². The Hall–Kier alpha value is -1.26. The van der Waals surface area contributed by atoms with Crippen LogP contribution in [0.25, 0.3) is 0 Å². The predicted octanol–water partition coefficient (Wildman–Crippen LogP) is 0.599. The van der Waals surface area contributed by atoms with Gasteiger partial charge in [-0.2, -0.15) is 4.98 Å². The number of H-pyrrole nitrogens is 1. The summed E-state index contributed by atoms with van der Waals surface area (Å²) in [5.74, 6) is 1.79. The van der Waals surface area contributed by atoms with E-state index in [2.05, 4.69) is 20.5 Å². The van der Waals surface area contributed by atoms with Gasteiger partial charge in [0.25, 0.3) is 0 Å². The van der Waals surface area contributed by atoms with E-state index >= 15 is 0 Å². The minimum Gasteiger partial charge on any atom is -0.368 e. The van der Waals surface area contributed by atoms with E-state index in [-0.39, 0.29) is 0 Å². The molecule has 0 amide bonds. The van der Waals surface area contributed by atoms with Gasteiger partial charge < -0.3 is 11.1 Å². The third-order valence-corrected chi connectivity index (χ3v) is 2.28. The number of hydrogen-bond acceptors (Lipinski definition) is 4. The van der Waals surface area contributed by atoms with Crippen molar-refractivity contribution < 1.29 is 0 Å². The minimum absolute atomic E-state index is 0.367. The lowest BCUT2D eigenvalue weighted by molar-refractivity contribution is 0.333. The molecule has 0 saturated heterocycles. The monoisotopic (exact) mass is 167 g/mol. The molecule has 1 aromatic rings. The molecule has 0 radical (unpaired) electrons. The van der Waals surface area contributed by atoms with Crippen LogP contribution in [-0.4, -0.2) is 21.7 Å². The van der Waals surface area contributed by atoms with Crippen molar-refractivity contribution in [2.24, 2.45) is 5.92 Å². The SMILES string of the molecule is Nc1nc(NCC2CCC2)n[nH]1. The van der Waals surface area contributed by atoms with Gasteiger partial charge in [0.1, 0.15) is 0 Å². The second-order valence-corrected chi connectivity index (χ2v) is 3.22. The molecule has 1 aliphatic rings. The van der Waals surface area contributed by atoms with Gasteiger partial charge in [-0.25, -0.2) is 5.10 Å². The molecule has 12 heavy (non-hydrogen) atoms. The Labute approximate surface area is 70.8 Å². The fourth-order valence-corrected chi connectivity index (χ4v) is 1.29. The quantitative estimate of drug-likeness (QED) is 0.615.